The van der Waals surface area contributed by atoms with Gasteiger partial charge in [0.05, 0.1) is 11.5 Å². The van der Waals surface area contributed by atoms with E-state index in [4.69, 9.17) is 0 Å². The van der Waals surface area contributed by atoms with Gasteiger partial charge in [0.15, 0.2) is 0 Å². The zero-order valence-electron chi connectivity index (χ0n) is 13.6. The van der Waals surface area contributed by atoms with Crippen molar-refractivity contribution in [2.75, 3.05) is 13.1 Å². The molecule has 0 bridgehead atoms. The van der Waals surface area contributed by atoms with E-state index in [1.807, 2.05) is 25.7 Å². The summed E-state index contributed by atoms with van der Waals surface area (Å²) in [5, 5.41) is 9.66. The third kappa shape index (κ3) is 3.46. The lowest BCUT2D eigenvalue weighted by Gasteiger charge is -2.38. The first kappa shape index (κ1) is 16.0. The van der Waals surface area contributed by atoms with Crippen LogP contribution in [-0.2, 0) is 10.2 Å². The molecule has 21 heavy (non-hydrogen) atoms. The standard InChI is InChI=1S/C18H27NO2/c1-13-5-7-16(8-6-13)18(3,4)17(21)19-11-9-15(10-12-19)14(2)20/h5-8,14-15,20H,9-12H2,1-4H3. The molecule has 1 N–H and O–H groups in total. The molecule has 2 rings (SSSR count). The van der Waals surface area contributed by atoms with Gasteiger partial charge in [0.2, 0.25) is 5.91 Å². The molecular formula is C18H27NO2. The average molecular weight is 289 g/mol. The van der Waals surface area contributed by atoms with Crippen LogP contribution < -0.4 is 0 Å². The van der Waals surface area contributed by atoms with Crippen LogP contribution >= 0.6 is 0 Å². The van der Waals surface area contributed by atoms with Crippen molar-refractivity contribution in [1.29, 1.82) is 0 Å². The van der Waals surface area contributed by atoms with Gasteiger partial charge in [-0.15, -0.1) is 0 Å². The number of carbonyl (C=O) groups excluding carboxylic acids is 1. The average Bonchev–Trinajstić information content (AvgIpc) is 2.47. The summed E-state index contributed by atoms with van der Waals surface area (Å²) >= 11 is 0. The van der Waals surface area contributed by atoms with Gasteiger partial charge >= 0.3 is 0 Å². The molecule has 0 aliphatic carbocycles. The van der Waals surface area contributed by atoms with Gasteiger partial charge in [-0.3, -0.25) is 4.79 Å². The molecule has 3 heteroatoms. The van der Waals surface area contributed by atoms with E-state index in [9.17, 15) is 9.90 Å². The van der Waals surface area contributed by atoms with E-state index in [2.05, 4.69) is 31.2 Å². The van der Waals surface area contributed by atoms with E-state index in [1.54, 1.807) is 0 Å². The molecule has 1 saturated heterocycles. The summed E-state index contributed by atoms with van der Waals surface area (Å²) in [4.78, 5) is 14.8. The van der Waals surface area contributed by atoms with Crippen LogP contribution in [0.25, 0.3) is 0 Å². The van der Waals surface area contributed by atoms with E-state index in [0.717, 1.165) is 31.5 Å². The molecule has 3 nitrogen and oxygen atoms in total. The highest BCUT2D eigenvalue weighted by atomic mass is 16.3. The monoisotopic (exact) mass is 289 g/mol. The maximum atomic E-state index is 12.8. The Morgan fingerprint density at radius 1 is 1.24 bits per heavy atom. The van der Waals surface area contributed by atoms with Crippen molar-refractivity contribution in [2.45, 2.75) is 52.1 Å². The Bertz CT molecular complexity index is 482. The lowest BCUT2D eigenvalue weighted by molar-refractivity contribution is -0.138. The van der Waals surface area contributed by atoms with Gasteiger partial charge in [-0.25, -0.2) is 0 Å². The SMILES string of the molecule is Cc1ccc(C(C)(C)C(=O)N2CCC(C(C)O)CC2)cc1. The second-order valence-corrected chi connectivity index (χ2v) is 6.86. The van der Waals surface area contributed by atoms with Crippen LogP contribution in [0, 0.1) is 12.8 Å². The third-order valence-electron chi connectivity index (χ3n) is 4.82. The molecule has 1 fully saturated rings. The fourth-order valence-corrected chi connectivity index (χ4v) is 3.07. The Hall–Kier alpha value is -1.35. The molecule has 116 valence electrons. The van der Waals surface area contributed by atoms with Crippen LogP contribution in [0.3, 0.4) is 0 Å². The lowest BCUT2D eigenvalue weighted by Crippen LogP contribution is -2.48. The largest absolute Gasteiger partial charge is 0.393 e. The molecule has 1 amide bonds. The van der Waals surface area contributed by atoms with Crippen LogP contribution in [0.1, 0.15) is 44.7 Å². The molecule has 0 aromatic heterocycles. The van der Waals surface area contributed by atoms with Gasteiger partial charge in [0.25, 0.3) is 0 Å². The second-order valence-electron chi connectivity index (χ2n) is 6.86. The van der Waals surface area contributed by atoms with Crippen molar-refractivity contribution >= 4 is 5.91 Å². The van der Waals surface area contributed by atoms with E-state index >= 15 is 0 Å². The summed E-state index contributed by atoms with van der Waals surface area (Å²) in [6.45, 7) is 9.41. The highest BCUT2D eigenvalue weighted by Crippen LogP contribution is 2.29. The highest BCUT2D eigenvalue weighted by Gasteiger charge is 2.35. The van der Waals surface area contributed by atoms with Crippen molar-refractivity contribution in [2.24, 2.45) is 5.92 Å². The van der Waals surface area contributed by atoms with E-state index in [-0.39, 0.29) is 12.0 Å². The van der Waals surface area contributed by atoms with Crippen molar-refractivity contribution in [3.05, 3.63) is 35.4 Å². The summed E-state index contributed by atoms with van der Waals surface area (Å²) in [6, 6.07) is 8.22. The smallest absolute Gasteiger partial charge is 0.232 e. The number of amides is 1. The Kier molecular flexibility index (Phi) is 4.72. The minimum Gasteiger partial charge on any atom is -0.393 e. The van der Waals surface area contributed by atoms with Gasteiger partial charge in [-0.05, 0) is 52.0 Å². The van der Waals surface area contributed by atoms with Crippen LogP contribution in [0.15, 0.2) is 24.3 Å². The number of aliphatic hydroxyl groups is 1. The minimum absolute atomic E-state index is 0.190. The number of benzene rings is 1. The predicted octanol–water partition coefficient (Wildman–Crippen LogP) is 2.89. The normalized spacial score (nSPS) is 18.6. The number of carbonyl (C=O) groups is 1. The van der Waals surface area contributed by atoms with Crippen LogP contribution in [0.5, 0.6) is 0 Å². The molecule has 1 aliphatic heterocycles. The first-order chi connectivity index (χ1) is 9.82. The molecule has 0 spiro atoms. The maximum absolute atomic E-state index is 12.8. The topological polar surface area (TPSA) is 40.5 Å². The summed E-state index contributed by atoms with van der Waals surface area (Å²) in [6.07, 6.45) is 1.52. The van der Waals surface area contributed by atoms with Gasteiger partial charge in [0.1, 0.15) is 0 Å². The zero-order chi connectivity index (χ0) is 15.6. The Balaban J connectivity index is 2.07. The lowest BCUT2D eigenvalue weighted by atomic mass is 9.81. The Morgan fingerprint density at radius 3 is 2.24 bits per heavy atom. The number of aliphatic hydroxyl groups excluding tert-OH is 1. The Labute approximate surface area is 128 Å². The summed E-state index contributed by atoms with van der Waals surface area (Å²) in [5.41, 5.74) is 1.78. The van der Waals surface area contributed by atoms with Crippen molar-refractivity contribution < 1.29 is 9.90 Å². The van der Waals surface area contributed by atoms with Crippen molar-refractivity contribution in [3.63, 3.8) is 0 Å². The molecule has 0 radical (unpaired) electrons. The minimum atomic E-state index is -0.495. The van der Waals surface area contributed by atoms with Gasteiger partial charge in [-0.1, -0.05) is 29.8 Å². The number of aryl methyl sites for hydroxylation is 1. The second kappa shape index (κ2) is 6.18. The number of nitrogens with zero attached hydrogens (tertiary/aromatic N) is 1. The first-order valence-corrected chi connectivity index (χ1v) is 7.87. The van der Waals surface area contributed by atoms with E-state index < -0.39 is 5.41 Å². The Morgan fingerprint density at radius 2 is 1.76 bits per heavy atom. The molecule has 0 saturated carbocycles. The number of hydrogen-bond acceptors (Lipinski definition) is 2. The number of rotatable bonds is 3. The first-order valence-electron chi connectivity index (χ1n) is 7.87. The predicted molar refractivity (Wildman–Crippen MR) is 85.2 cm³/mol. The third-order valence-corrected chi connectivity index (χ3v) is 4.82. The molecular weight excluding hydrogens is 262 g/mol. The molecule has 1 aromatic carbocycles. The summed E-state index contributed by atoms with van der Waals surface area (Å²) in [5.74, 6) is 0.520. The van der Waals surface area contributed by atoms with Gasteiger partial charge in [-0.2, -0.15) is 0 Å². The fraction of sp³-hybridized carbons (Fsp3) is 0.611. The molecule has 1 aliphatic rings. The van der Waals surface area contributed by atoms with E-state index in [0.29, 0.717) is 5.92 Å². The van der Waals surface area contributed by atoms with Crippen molar-refractivity contribution in [1.82, 2.24) is 4.90 Å². The summed E-state index contributed by atoms with van der Waals surface area (Å²) < 4.78 is 0. The van der Waals surface area contributed by atoms with Crippen LogP contribution in [0.4, 0.5) is 0 Å². The van der Waals surface area contributed by atoms with Crippen LogP contribution in [-0.4, -0.2) is 35.1 Å². The summed E-state index contributed by atoms with van der Waals surface area (Å²) in [7, 11) is 0. The fourth-order valence-electron chi connectivity index (χ4n) is 3.07. The number of piperidine rings is 1. The maximum Gasteiger partial charge on any atom is 0.232 e. The van der Waals surface area contributed by atoms with Gasteiger partial charge in [0, 0.05) is 13.1 Å². The quantitative estimate of drug-likeness (QED) is 0.929. The molecule has 1 atom stereocenters. The molecule has 1 unspecified atom stereocenters. The van der Waals surface area contributed by atoms with Gasteiger partial charge < -0.3 is 10.0 Å². The number of hydrogen-bond donors (Lipinski definition) is 1. The highest BCUT2D eigenvalue weighted by molar-refractivity contribution is 5.87. The van der Waals surface area contributed by atoms with E-state index in [1.165, 1.54) is 5.56 Å². The zero-order valence-corrected chi connectivity index (χ0v) is 13.6. The molecule has 1 aromatic rings. The van der Waals surface area contributed by atoms with Crippen molar-refractivity contribution in [3.8, 4) is 0 Å². The molecule has 1 heterocycles. The van der Waals surface area contributed by atoms with Crippen LogP contribution in [0.2, 0.25) is 0 Å². The number of likely N-dealkylation sites (tertiary alicyclic amines) is 1.